The van der Waals surface area contributed by atoms with E-state index in [9.17, 15) is 4.79 Å². The highest BCUT2D eigenvalue weighted by atomic mass is 16.2. The first-order valence-electron chi connectivity index (χ1n) is 6.09. The van der Waals surface area contributed by atoms with Crippen LogP contribution in [0.2, 0.25) is 0 Å². The predicted molar refractivity (Wildman–Crippen MR) is 66.3 cm³/mol. The van der Waals surface area contributed by atoms with Gasteiger partial charge < -0.3 is 15.7 Å². The van der Waals surface area contributed by atoms with Crippen LogP contribution in [0.3, 0.4) is 0 Å². The van der Waals surface area contributed by atoms with Gasteiger partial charge in [-0.15, -0.1) is 0 Å². The molecule has 0 rings (SSSR count). The number of carbonyl (C=O) groups excluding carboxylic acids is 1. The van der Waals surface area contributed by atoms with Gasteiger partial charge in [-0.05, 0) is 46.6 Å². The zero-order chi connectivity index (χ0) is 12.6. The molecule has 0 aliphatic heterocycles. The molecular weight excluding hydrogens is 204 g/mol. The summed E-state index contributed by atoms with van der Waals surface area (Å²) < 4.78 is 0. The molecule has 3 N–H and O–H groups in total. The molecule has 0 saturated heterocycles. The average Bonchev–Trinajstić information content (AvgIpc) is 2.23. The minimum Gasteiger partial charge on any atom is -0.396 e. The Hall–Kier alpha value is -0.610. The summed E-state index contributed by atoms with van der Waals surface area (Å²) in [5, 5.41) is 14.8. The molecule has 1 atom stereocenters. The van der Waals surface area contributed by atoms with Crippen LogP contribution in [0.4, 0.5) is 0 Å². The van der Waals surface area contributed by atoms with Gasteiger partial charge in [0.25, 0.3) is 0 Å². The van der Waals surface area contributed by atoms with Gasteiger partial charge >= 0.3 is 0 Å². The molecule has 96 valence electrons. The smallest absolute Gasteiger partial charge is 0.237 e. The van der Waals surface area contributed by atoms with Crippen LogP contribution in [-0.4, -0.2) is 35.7 Å². The normalized spacial score (nSPS) is 13.6. The fourth-order valence-electron chi connectivity index (χ4n) is 1.18. The van der Waals surface area contributed by atoms with Crippen molar-refractivity contribution < 1.29 is 9.90 Å². The van der Waals surface area contributed by atoms with Crippen molar-refractivity contribution in [2.75, 3.05) is 13.2 Å². The third kappa shape index (κ3) is 6.80. The fourth-order valence-corrected chi connectivity index (χ4v) is 1.18. The molecule has 16 heavy (non-hydrogen) atoms. The number of aliphatic hydroxyl groups excluding tert-OH is 1. The molecule has 1 amide bonds. The van der Waals surface area contributed by atoms with Gasteiger partial charge in [0.1, 0.15) is 0 Å². The summed E-state index contributed by atoms with van der Waals surface area (Å²) in [5.74, 6) is 0.0378. The lowest BCUT2D eigenvalue weighted by atomic mass is 10.0. The van der Waals surface area contributed by atoms with Gasteiger partial charge in [0.05, 0.1) is 6.04 Å². The number of hydrogen-bond acceptors (Lipinski definition) is 3. The zero-order valence-electron chi connectivity index (χ0n) is 11.0. The number of nitrogens with one attached hydrogen (secondary N) is 2. The topological polar surface area (TPSA) is 61.4 Å². The largest absolute Gasteiger partial charge is 0.396 e. The second-order valence-corrected chi connectivity index (χ2v) is 4.83. The van der Waals surface area contributed by atoms with Gasteiger partial charge in [-0.3, -0.25) is 4.79 Å². The van der Waals surface area contributed by atoms with E-state index in [1.165, 1.54) is 0 Å². The van der Waals surface area contributed by atoms with Crippen molar-refractivity contribution in [2.45, 2.75) is 58.5 Å². The molecular formula is C12H26N2O2. The van der Waals surface area contributed by atoms with Gasteiger partial charge in [-0.2, -0.15) is 0 Å². The fraction of sp³-hybridized carbons (Fsp3) is 0.917. The van der Waals surface area contributed by atoms with Crippen molar-refractivity contribution in [1.29, 1.82) is 0 Å². The standard InChI is InChI=1S/C12H26N2O2/c1-5-12(3,4)14-11(16)10(2)13-8-6-7-9-15/h10,13,15H,5-9H2,1-4H3,(H,14,16). The molecule has 0 aliphatic carbocycles. The molecule has 0 heterocycles. The minimum absolute atomic E-state index is 0.0378. The molecule has 0 aromatic heterocycles. The van der Waals surface area contributed by atoms with E-state index in [1.807, 2.05) is 20.8 Å². The van der Waals surface area contributed by atoms with Crippen molar-refractivity contribution in [3.8, 4) is 0 Å². The Morgan fingerprint density at radius 1 is 1.38 bits per heavy atom. The van der Waals surface area contributed by atoms with E-state index in [2.05, 4.69) is 17.6 Å². The van der Waals surface area contributed by atoms with Crippen molar-refractivity contribution in [3.63, 3.8) is 0 Å². The summed E-state index contributed by atoms with van der Waals surface area (Å²) >= 11 is 0. The van der Waals surface area contributed by atoms with Gasteiger partial charge in [-0.1, -0.05) is 6.92 Å². The second-order valence-electron chi connectivity index (χ2n) is 4.83. The summed E-state index contributed by atoms with van der Waals surface area (Å²) in [5.41, 5.74) is -0.141. The van der Waals surface area contributed by atoms with E-state index in [-0.39, 0.29) is 24.1 Å². The third-order valence-electron chi connectivity index (χ3n) is 2.77. The maximum Gasteiger partial charge on any atom is 0.237 e. The van der Waals surface area contributed by atoms with E-state index in [0.29, 0.717) is 0 Å². The van der Waals surface area contributed by atoms with E-state index in [1.54, 1.807) is 0 Å². The minimum atomic E-state index is -0.176. The Balaban J connectivity index is 3.82. The average molecular weight is 230 g/mol. The molecule has 0 radical (unpaired) electrons. The number of carbonyl (C=O) groups is 1. The van der Waals surface area contributed by atoms with E-state index >= 15 is 0 Å². The van der Waals surface area contributed by atoms with E-state index < -0.39 is 0 Å². The number of amides is 1. The van der Waals surface area contributed by atoms with Gasteiger partial charge in [0.15, 0.2) is 0 Å². The summed E-state index contributed by atoms with van der Waals surface area (Å²) in [7, 11) is 0. The summed E-state index contributed by atoms with van der Waals surface area (Å²) in [4.78, 5) is 11.8. The first-order valence-corrected chi connectivity index (χ1v) is 6.09. The van der Waals surface area contributed by atoms with E-state index in [0.717, 1.165) is 25.8 Å². The van der Waals surface area contributed by atoms with Crippen molar-refractivity contribution in [1.82, 2.24) is 10.6 Å². The highest BCUT2D eigenvalue weighted by Crippen LogP contribution is 2.06. The van der Waals surface area contributed by atoms with Crippen LogP contribution in [0.1, 0.15) is 47.0 Å². The zero-order valence-corrected chi connectivity index (χ0v) is 11.0. The first-order chi connectivity index (χ1) is 7.43. The molecule has 4 heteroatoms. The number of rotatable bonds is 8. The quantitative estimate of drug-likeness (QED) is 0.546. The number of unbranched alkanes of at least 4 members (excludes halogenated alkanes) is 1. The highest BCUT2D eigenvalue weighted by Gasteiger charge is 2.21. The molecule has 1 unspecified atom stereocenters. The molecule has 0 aromatic carbocycles. The van der Waals surface area contributed by atoms with Crippen molar-refractivity contribution in [3.05, 3.63) is 0 Å². The van der Waals surface area contributed by atoms with Gasteiger partial charge in [0.2, 0.25) is 5.91 Å². The Morgan fingerprint density at radius 3 is 2.50 bits per heavy atom. The molecule has 0 bridgehead atoms. The lowest BCUT2D eigenvalue weighted by molar-refractivity contribution is -0.124. The van der Waals surface area contributed by atoms with Crippen LogP contribution >= 0.6 is 0 Å². The van der Waals surface area contributed by atoms with Crippen molar-refractivity contribution in [2.24, 2.45) is 0 Å². The van der Waals surface area contributed by atoms with Gasteiger partial charge in [-0.25, -0.2) is 0 Å². The van der Waals surface area contributed by atoms with Crippen LogP contribution in [-0.2, 0) is 4.79 Å². The first kappa shape index (κ1) is 15.4. The SMILES string of the molecule is CCC(C)(C)NC(=O)C(C)NCCCCO. The maximum atomic E-state index is 11.8. The van der Waals surface area contributed by atoms with Crippen LogP contribution in [0.25, 0.3) is 0 Å². The van der Waals surface area contributed by atoms with Crippen molar-refractivity contribution >= 4 is 5.91 Å². The molecule has 0 aromatic rings. The third-order valence-corrected chi connectivity index (χ3v) is 2.77. The molecule has 0 spiro atoms. The van der Waals surface area contributed by atoms with Crippen LogP contribution in [0.15, 0.2) is 0 Å². The van der Waals surface area contributed by atoms with Crippen LogP contribution in [0, 0.1) is 0 Å². The molecule has 4 nitrogen and oxygen atoms in total. The van der Waals surface area contributed by atoms with E-state index in [4.69, 9.17) is 5.11 Å². The van der Waals surface area contributed by atoms with Gasteiger partial charge in [0, 0.05) is 12.1 Å². The summed E-state index contributed by atoms with van der Waals surface area (Å²) in [6.07, 6.45) is 2.59. The lowest BCUT2D eigenvalue weighted by Gasteiger charge is -2.26. The summed E-state index contributed by atoms with van der Waals surface area (Å²) in [6.45, 7) is 8.93. The highest BCUT2D eigenvalue weighted by molar-refractivity contribution is 5.81. The monoisotopic (exact) mass is 230 g/mol. The molecule has 0 aliphatic rings. The Morgan fingerprint density at radius 2 is 2.00 bits per heavy atom. The Labute approximate surface area is 98.8 Å². The molecule has 0 saturated carbocycles. The number of hydrogen-bond donors (Lipinski definition) is 3. The van der Waals surface area contributed by atoms with Crippen LogP contribution < -0.4 is 10.6 Å². The number of aliphatic hydroxyl groups is 1. The Kier molecular flexibility index (Phi) is 7.34. The molecule has 0 fully saturated rings. The maximum absolute atomic E-state index is 11.8. The predicted octanol–water partition coefficient (Wildman–Crippen LogP) is 1.04. The Bertz CT molecular complexity index is 205. The summed E-state index contributed by atoms with van der Waals surface area (Å²) in [6, 6.07) is -0.176. The second kappa shape index (κ2) is 7.63. The lowest BCUT2D eigenvalue weighted by Crippen LogP contribution is -2.50. The van der Waals surface area contributed by atoms with Crippen LogP contribution in [0.5, 0.6) is 0 Å².